The molecule has 0 aliphatic carbocycles. The molecular weight excluding hydrogens is 183 g/mol. The summed E-state index contributed by atoms with van der Waals surface area (Å²) in [6.07, 6.45) is 1.11. The van der Waals surface area contributed by atoms with Gasteiger partial charge in [-0.25, -0.2) is 9.78 Å². The van der Waals surface area contributed by atoms with Crippen molar-refractivity contribution in [2.24, 2.45) is 5.34 Å². The molecule has 0 atom stereocenters. The van der Waals surface area contributed by atoms with Crippen molar-refractivity contribution in [1.29, 1.82) is 0 Å². The zero-order chi connectivity index (χ0) is 10.3. The second-order valence-corrected chi connectivity index (χ2v) is 1.75. The molecule has 70 valence electrons. The minimum atomic E-state index is -1.15. The molecule has 1 rings (SSSR count). The molecule has 0 spiro atoms. The summed E-state index contributed by atoms with van der Waals surface area (Å²) < 4.78 is 12.2. The smallest absolute Gasteiger partial charge is 0.335 e. The second-order valence-electron chi connectivity index (χ2n) is 1.75. The van der Waals surface area contributed by atoms with Crippen LogP contribution in [0, 0.1) is 10.9 Å². The summed E-state index contributed by atoms with van der Waals surface area (Å²) >= 11 is 0. The monoisotopic (exact) mass is 188 g/mol. The van der Waals surface area contributed by atoms with E-state index < -0.39 is 11.9 Å². The first-order valence-electron chi connectivity index (χ1n) is 2.93. The van der Waals surface area contributed by atoms with Crippen molar-refractivity contribution >= 4 is 5.97 Å². The zero-order valence-corrected chi connectivity index (χ0v) is 6.22. The van der Waals surface area contributed by atoms with E-state index in [1.807, 2.05) is 0 Å². The lowest BCUT2D eigenvalue weighted by Gasteiger charge is -1.90. The third-order valence-corrected chi connectivity index (χ3v) is 0.974. The van der Waals surface area contributed by atoms with Gasteiger partial charge < -0.3 is 10.3 Å². The van der Waals surface area contributed by atoms with Gasteiger partial charge in [0.25, 0.3) is 0 Å². The standard InChI is InChI=1S/C6H4FNO2.HNO2/c7-5-3-4(6(9)10)1-2-8-5;2-1-3/h1-3H,(H,9,10);(H,2,3). The van der Waals surface area contributed by atoms with Crippen molar-refractivity contribution in [2.75, 3.05) is 0 Å². The first-order chi connectivity index (χ1) is 6.11. The number of hydrogen-bond donors (Lipinski definition) is 2. The van der Waals surface area contributed by atoms with Crippen LogP contribution in [0.2, 0.25) is 0 Å². The van der Waals surface area contributed by atoms with Crippen LogP contribution in [0.25, 0.3) is 0 Å². The fraction of sp³-hybridized carbons (Fsp3) is 0. The van der Waals surface area contributed by atoms with Crippen molar-refractivity contribution in [3.63, 3.8) is 0 Å². The third kappa shape index (κ3) is 4.40. The number of rotatable bonds is 1. The Hall–Kier alpha value is -2.05. The highest BCUT2D eigenvalue weighted by molar-refractivity contribution is 5.87. The quantitative estimate of drug-likeness (QED) is 0.390. The predicted molar refractivity (Wildman–Crippen MR) is 38.7 cm³/mol. The molecule has 2 N–H and O–H groups in total. The van der Waals surface area contributed by atoms with Gasteiger partial charge in [-0.2, -0.15) is 4.39 Å². The van der Waals surface area contributed by atoms with Gasteiger partial charge in [0.1, 0.15) is 0 Å². The Kier molecular flexibility index (Phi) is 4.70. The van der Waals surface area contributed by atoms with Gasteiger partial charge in [0, 0.05) is 12.3 Å². The fourth-order valence-electron chi connectivity index (χ4n) is 0.535. The number of carboxylic acid groups (broad SMARTS) is 1. The second kappa shape index (κ2) is 5.58. The van der Waals surface area contributed by atoms with E-state index in [1.54, 1.807) is 0 Å². The topological polar surface area (TPSA) is 99.8 Å². The van der Waals surface area contributed by atoms with Gasteiger partial charge in [-0.05, 0) is 6.07 Å². The molecule has 13 heavy (non-hydrogen) atoms. The number of carboxylic acids is 1. The summed E-state index contributed by atoms with van der Waals surface area (Å²) in [5, 5.41) is 16.2. The van der Waals surface area contributed by atoms with E-state index in [-0.39, 0.29) is 5.56 Å². The predicted octanol–water partition coefficient (Wildman–Crippen LogP) is 1.06. The minimum absolute atomic E-state index is 0.0903. The molecule has 0 bridgehead atoms. The first-order valence-corrected chi connectivity index (χ1v) is 2.93. The Labute approximate surface area is 71.6 Å². The summed E-state index contributed by atoms with van der Waals surface area (Å²) in [6.45, 7) is 0. The van der Waals surface area contributed by atoms with Crippen molar-refractivity contribution in [1.82, 2.24) is 4.98 Å². The molecule has 0 saturated carbocycles. The minimum Gasteiger partial charge on any atom is -0.478 e. The number of carbonyl (C=O) groups is 1. The lowest BCUT2D eigenvalue weighted by molar-refractivity contribution is 0.0696. The number of aromatic carboxylic acids is 1. The van der Waals surface area contributed by atoms with Gasteiger partial charge in [-0.15, -0.1) is 4.91 Å². The van der Waals surface area contributed by atoms with Gasteiger partial charge >= 0.3 is 5.97 Å². The maximum absolute atomic E-state index is 12.2. The third-order valence-electron chi connectivity index (χ3n) is 0.974. The van der Waals surface area contributed by atoms with E-state index in [9.17, 15) is 9.18 Å². The van der Waals surface area contributed by atoms with Gasteiger partial charge in [0.2, 0.25) is 5.95 Å². The van der Waals surface area contributed by atoms with Crippen LogP contribution in [0.1, 0.15) is 10.4 Å². The highest BCUT2D eigenvalue weighted by Crippen LogP contribution is 1.98. The summed E-state index contributed by atoms with van der Waals surface area (Å²) in [7, 11) is 0. The van der Waals surface area contributed by atoms with Crippen LogP contribution in [0.4, 0.5) is 4.39 Å². The van der Waals surface area contributed by atoms with Crippen LogP contribution in [-0.4, -0.2) is 21.3 Å². The van der Waals surface area contributed by atoms with Gasteiger partial charge in [0.05, 0.1) is 5.56 Å². The molecule has 0 amide bonds. The Bertz CT molecular complexity index is 304. The molecule has 0 aliphatic rings. The lowest BCUT2D eigenvalue weighted by Crippen LogP contribution is -1.97. The number of halogens is 1. The Morgan fingerprint density at radius 2 is 2.15 bits per heavy atom. The Morgan fingerprint density at radius 3 is 2.46 bits per heavy atom. The van der Waals surface area contributed by atoms with Crippen LogP contribution in [0.15, 0.2) is 23.7 Å². The lowest BCUT2D eigenvalue weighted by atomic mass is 10.3. The van der Waals surface area contributed by atoms with Gasteiger partial charge in [0.15, 0.2) is 5.34 Å². The Morgan fingerprint density at radius 1 is 1.62 bits per heavy atom. The molecule has 1 aromatic heterocycles. The van der Waals surface area contributed by atoms with Crippen LogP contribution in [-0.2, 0) is 0 Å². The average molecular weight is 188 g/mol. The van der Waals surface area contributed by atoms with E-state index in [1.165, 1.54) is 11.4 Å². The molecule has 0 saturated heterocycles. The summed E-state index contributed by atoms with van der Waals surface area (Å²) in [6, 6.07) is 2.09. The summed E-state index contributed by atoms with van der Waals surface area (Å²) in [5.74, 6) is -1.93. The maximum atomic E-state index is 12.2. The highest BCUT2D eigenvalue weighted by Gasteiger charge is 2.02. The summed E-state index contributed by atoms with van der Waals surface area (Å²) in [5.41, 5.74) is -0.0903. The number of nitrogens with zero attached hydrogens (tertiary/aromatic N) is 2. The average Bonchev–Trinajstić information content (AvgIpc) is 2.05. The van der Waals surface area contributed by atoms with Gasteiger partial charge in [-0.3, -0.25) is 0 Å². The van der Waals surface area contributed by atoms with E-state index in [2.05, 4.69) is 4.98 Å². The molecular formula is C6H5FN2O4. The van der Waals surface area contributed by atoms with Crippen LogP contribution in [0.3, 0.4) is 0 Å². The molecule has 0 aromatic carbocycles. The number of hydrogen-bond acceptors (Lipinski definition) is 4. The van der Waals surface area contributed by atoms with E-state index in [0.717, 1.165) is 12.3 Å². The summed E-state index contributed by atoms with van der Waals surface area (Å²) in [4.78, 5) is 21.5. The van der Waals surface area contributed by atoms with E-state index in [4.69, 9.17) is 15.2 Å². The molecule has 6 nitrogen and oxygen atoms in total. The number of aromatic nitrogens is 1. The van der Waals surface area contributed by atoms with Crippen LogP contribution < -0.4 is 0 Å². The molecule has 0 aliphatic heterocycles. The first kappa shape index (κ1) is 11.0. The molecule has 0 radical (unpaired) electrons. The van der Waals surface area contributed by atoms with Gasteiger partial charge in [-0.1, -0.05) is 0 Å². The fourth-order valence-corrected chi connectivity index (χ4v) is 0.535. The largest absolute Gasteiger partial charge is 0.478 e. The van der Waals surface area contributed by atoms with Crippen molar-refractivity contribution in [2.45, 2.75) is 0 Å². The van der Waals surface area contributed by atoms with Crippen molar-refractivity contribution in [3.8, 4) is 0 Å². The van der Waals surface area contributed by atoms with Crippen LogP contribution >= 0.6 is 0 Å². The molecule has 0 fully saturated rings. The van der Waals surface area contributed by atoms with Crippen molar-refractivity contribution in [3.05, 3.63) is 34.7 Å². The highest BCUT2D eigenvalue weighted by atomic mass is 19.1. The van der Waals surface area contributed by atoms with E-state index in [0.29, 0.717) is 0 Å². The number of pyridine rings is 1. The maximum Gasteiger partial charge on any atom is 0.335 e. The molecule has 0 unspecified atom stereocenters. The molecule has 1 aromatic rings. The molecule has 7 heteroatoms. The SMILES string of the molecule is O=C(O)c1ccnc(F)c1.O=NO. The molecule has 1 heterocycles. The van der Waals surface area contributed by atoms with Crippen LogP contribution in [0.5, 0.6) is 0 Å². The zero-order valence-electron chi connectivity index (χ0n) is 6.22. The Balaban J connectivity index is 0.000000424. The normalized spacial score (nSPS) is 8.08. The van der Waals surface area contributed by atoms with E-state index >= 15 is 0 Å². The van der Waals surface area contributed by atoms with Crippen molar-refractivity contribution < 1.29 is 19.5 Å².